The molecule has 19 heavy (non-hydrogen) atoms. The van der Waals surface area contributed by atoms with Crippen molar-refractivity contribution in [1.82, 2.24) is 19.6 Å². The smallest absolute Gasteiger partial charge is 0.247 e. The summed E-state index contributed by atoms with van der Waals surface area (Å²) in [6.07, 6.45) is 4.73. The summed E-state index contributed by atoms with van der Waals surface area (Å²) in [5, 5.41) is 4.19. The minimum absolute atomic E-state index is 0.159. The fourth-order valence-electron chi connectivity index (χ4n) is 2.41. The van der Waals surface area contributed by atoms with Gasteiger partial charge in [-0.05, 0) is 35.8 Å². The number of nitrogens with zero attached hydrogens (tertiary/aromatic N) is 4. The second-order valence-electron chi connectivity index (χ2n) is 4.98. The van der Waals surface area contributed by atoms with Crippen LogP contribution >= 0.6 is 15.9 Å². The lowest BCUT2D eigenvalue weighted by Crippen LogP contribution is -2.50. The van der Waals surface area contributed by atoms with Gasteiger partial charge in [0.05, 0.1) is 10.7 Å². The largest absolute Gasteiger partial charge is 0.338 e. The summed E-state index contributed by atoms with van der Waals surface area (Å²) < 4.78 is 2.62. The maximum atomic E-state index is 12.4. The van der Waals surface area contributed by atoms with Crippen LogP contribution in [0.2, 0.25) is 0 Å². The van der Waals surface area contributed by atoms with Gasteiger partial charge in [0.25, 0.3) is 0 Å². The van der Waals surface area contributed by atoms with Crippen LogP contribution in [0.3, 0.4) is 0 Å². The molecular weight excluding hydrogens is 308 g/mol. The van der Waals surface area contributed by atoms with Crippen molar-refractivity contribution in [1.29, 1.82) is 0 Å². The first-order chi connectivity index (χ1) is 9.11. The molecular formula is C13H21BrN4O. The number of hydrogen-bond acceptors (Lipinski definition) is 3. The Bertz CT molecular complexity index is 426. The molecule has 1 aromatic rings. The lowest BCUT2D eigenvalue weighted by atomic mass is 10.2. The van der Waals surface area contributed by atoms with Gasteiger partial charge in [-0.2, -0.15) is 5.10 Å². The van der Waals surface area contributed by atoms with Crippen molar-refractivity contribution in [3.8, 4) is 0 Å². The minimum Gasteiger partial charge on any atom is -0.338 e. The molecule has 0 N–H and O–H groups in total. The topological polar surface area (TPSA) is 41.4 Å². The van der Waals surface area contributed by atoms with Crippen molar-refractivity contribution >= 4 is 21.8 Å². The summed E-state index contributed by atoms with van der Waals surface area (Å²) in [5.74, 6) is 0.159. The second-order valence-corrected chi connectivity index (χ2v) is 5.90. The molecule has 1 aromatic heterocycles. The zero-order valence-corrected chi connectivity index (χ0v) is 13.1. The van der Waals surface area contributed by atoms with E-state index in [4.69, 9.17) is 0 Å². The molecule has 5 nitrogen and oxygen atoms in total. The summed E-state index contributed by atoms with van der Waals surface area (Å²) in [5.41, 5.74) is 0. The molecule has 106 valence electrons. The van der Waals surface area contributed by atoms with Gasteiger partial charge < -0.3 is 4.90 Å². The summed E-state index contributed by atoms with van der Waals surface area (Å²) in [6, 6.07) is -0.232. The molecule has 0 spiro atoms. The lowest BCUT2D eigenvalue weighted by Gasteiger charge is -2.35. The Kier molecular flexibility index (Phi) is 4.99. The van der Waals surface area contributed by atoms with Gasteiger partial charge in [0.1, 0.15) is 6.04 Å². The standard InChI is InChI=1S/C13H21BrN4O/c1-3-4-16-5-7-17(8-6-16)13(19)11(2)18-10-12(14)9-15-18/h9-11H,3-8H2,1-2H3. The summed E-state index contributed by atoms with van der Waals surface area (Å²) in [6.45, 7) is 8.83. The average Bonchev–Trinajstić information content (AvgIpc) is 2.85. The molecule has 0 radical (unpaired) electrons. The van der Waals surface area contributed by atoms with Crippen molar-refractivity contribution in [2.24, 2.45) is 0 Å². The predicted octanol–water partition coefficient (Wildman–Crippen LogP) is 1.76. The number of hydrogen-bond donors (Lipinski definition) is 0. The van der Waals surface area contributed by atoms with Gasteiger partial charge in [-0.25, -0.2) is 0 Å². The maximum absolute atomic E-state index is 12.4. The van der Waals surface area contributed by atoms with Gasteiger partial charge in [0, 0.05) is 32.4 Å². The number of aromatic nitrogens is 2. The highest BCUT2D eigenvalue weighted by molar-refractivity contribution is 9.10. The van der Waals surface area contributed by atoms with Crippen molar-refractivity contribution in [2.45, 2.75) is 26.3 Å². The van der Waals surface area contributed by atoms with Gasteiger partial charge in [0.2, 0.25) is 5.91 Å². The molecule has 1 fully saturated rings. The highest BCUT2D eigenvalue weighted by Crippen LogP contribution is 2.15. The molecule has 1 saturated heterocycles. The van der Waals surface area contributed by atoms with Crippen molar-refractivity contribution in [2.75, 3.05) is 32.7 Å². The first-order valence-electron chi connectivity index (χ1n) is 6.82. The zero-order chi connectivity index (χ0) is 13.8. The van der Waals surface area contributed by atoms with E-state index in [0.29, 0.717) is 0 Å². The van der Waals surface area contributed by atoms with Crippen LogP contribution in [0.5, 0.6) is 0 Å². The summed E-state index contributed by atoms with van der Waals surface area (Å²) in [7, 11) is 0. The first-order valence-corrected chi connectivity index (χ1v) is 7.62. The molecule has 2 rings (SSSR count). The van der Waals surface area contributed by atoms with E-state index in [1.54, 1.807) is 10.9 Å². The van der Waals surface area contributed by atoms with Crippen molar-refractivity contribution in [3.05, 3.63) is 16.9 Å². The number of carbonyl (C=O) groups is 1. The molecule has 1 unspecified atom stereocenters. The van der Waals surface area contributed by atoms with E-state index in [1.165, 1.54) is 6.42 Å². The molecule has 1 aliphatic rings. The number of rotatable bonds is 4. The van der Waals surface area contributed by atoms with Crippen molar-refractivity contribution < 1.29 is 4.79 Å². The van der Waals surface area contributed by atoms with E-state index >= 15 is 0 Å². The van der Waals surface area contributed by atoms with Crippen LogP contribution in [0.25, 0.3) is 0 Å². The van der Waals surface area contributed by atoms with Crippen LogP contribution in [-0.4, -0.2) is 58.2 Å². The van der Waals surface area contributed by atoms with Crippen LogP contribution in [0.1, 0.15) is 26.3 Å². The van der Waals surface area contributed by atoms with Crippen LogP contribution in [-0.2, 0) is 4.79 Å². The highest BCUT2D eigenvalue weighted by atomic mass is 79.9. The molecule has 0 aromatic carbocycles. The minimum atomic E-state index is -0.232. The quantitative estimate of drug-likeness (QED) is 0.845. The molecule has 0 saturated carbocycles. The first kappa shape index (κ1) is 14.5. The zero-order valence-electron chi connectivity index (χ0n) is 11.5. The number of halogens is 1. The Morgan fingerprint density at radius 3 is 2.63 bits per heavy atom. The highest BCUT2D eigenvalue weighted by Gasteiger charge is 2.25. The maximum Gasteiger partial charge on any atom is 0.247 e. The third-order valence-electron chi connectivity index (χ3n) is 3.55. The fourth-order valence-corrected chi connectivity index (χ4v) is 2.71. The van der Waals surface area contributed by atoms with Crippen molar-refractivity contribution in [3.63, 3.8) is 0 Å². The Morgan fingerprint density at radius 1 is 1.42 bits per heavy atom. The molecule has 6 heteroatoms. The third-order valence-corrected chi connectivity index (χ3v) is 3.96. The molecule has 1 aliphatic heterocycles. The SMILES string of the molecule is CCCN1CCN(C(=O)C(C)n2cc(Br)cn2)CC1. The van der Waals surface area contributed by atoms with E-state index in [0.717, 1.165) is 37.2 Å². The van der Waals surface area contributed by atoms with E-state index in [2.05, 4.69) is 32.9 Å². The fraction of sp³-hybridized carbons (Fsp3) is 0.692. The van der Waals surface area contributed by atoms with E-state index in [-0.39, 0.29) is 11.9 Å². The number of piperazine rings is 1. The van der Waals surface area contributed by atoms with Gasteiger partial charge >= 0.3 is 0 Å². The Morgan fingerprint density at radius 2 is 2.11 bits per heavy atom. The molecule has 2 heterocycles. The Balaban J connectivity index is 1.90. The van der Waals surface area contributed by atoms with Gasteiger partial charge in [-0.3, -0.25) is 14.4 Å². The van der Waals surface area contributed by atoms with Gasteiger partial charge in [-0.15, -0.1) is 0 Å². The van der Waals surface area contributed by atoms with Crippen LogP contribution in [0.15, 0.2) is 16.9 Å². The van der Waals surface area contributed by atoms with Gasteiger partial charge in [-0.1, -0.05) is 6.92 Å². The lowest BCUT2D eigenvalue weighted by molar-refractivity contribution is -0.136. The summed E-state index contributed by atoms with van der Waals surface area (Å²) >= 11 is 3.36. The Labute approximate surface area is 122 Å². The molecule has 1 amide bonds. The monoisotopic (exact) mass is 328 g/mol. The molecule has 0 aliphatic carbocycles. The molecule has 0 bridgehead atoms. The van der Waals surface area contributed by atoms with E-state index in [1.807, 2.05) is 18.0 Å². The second kappa shape index (κ2) is 6.52. The normalized spacial score (nSPS) is 18.6. The average molecular weight is 329 g/mol. The summed E-state index contributed by atoms with van der Waals surface area (Å²) in [4.78, 5) is 16.8. The van der Waals surface area contributed by atoms with E-state index in [9.17, 15) is 4.79 Å². The molecule has 1 atom stereocenters. The number of amides is 1. The van der Waals surface area contributed by atoms with E-state index < -0.39 is 0 Å². The van der Waals surface area contributed by atoms with Crippen LogP contribution < -0.4 is 0 Å². The van der Waals surface area contributed by atoms with Gasteiger partial charge in [0.15, 0.2) is 0 Å². The predicted molar refractivity (Wildman–Crippen MR) is 77.9 cm³/mol. The van der Waals surface area contributed by atoms with Crippen LogP contribution in [0.4, 0.5) is 0 Å². The Hall–Kier alpha value is -0.880. The third kappa shape index (κ3) is 3.57. The number of carbonyl (C=O) groups excluding carboxylic acids is 1. The van der Waals surface area contributed by atoms with Crippen LogP contribution in [0, 0.1) is 0 Å².